The highest BCUT2D eigenvalue weighted by Crippen LogP contribution is 2.23. The van der Waals surface area contributed by atoms with E-state index >= 15 is 0 Å². The molecule has 0 aliphatic heterocycles. The molecular formula is C19H22N4OS. The van der Waals surface area contributed by atoms with Gasteiger partial charge < -0.3 is 4.57 Å². The molecule has 0 bridgehead atoms. The second-order valence-electron chi connectivity index (χ2n) is 6.12. The number of thiazole rings is 1. The summed E-state index contributed by atoms with van der Waals surface area (Å²) in [6, 6.07) is 6.06. The SMILES string of the molecule is C=CCn1c(=NC(=O)c2cc(C)n(CC)n2)sc2c(C)cc(C)cc21. The Labute approximate surface area is 150 Å². The number of hydrogen-bond donors (Lipinski definition) is 0. The standard InChI is InChI=1S/C19H22N4OS/c1-6-8-22-16-10-12(3)9-13(4)17(16)25-19(22)20-18(24)15-11-14(5)23(7-2)21-15/h6,9-11H,1,7-8H2,2-5H3. The van der Waals surface area contributed by atoms with Crippen molar-refractivity contribution >= 4 is 27.5 Å². The number of allylic oxidation sites excluding steroid dienone is 1. The van der Waals surface area contributed by atoms with Crippen molar-refractivity contribution in [3.63, 3.8) is 0 Å². The fraction of sp³-hybridized carbons (Fsp3) is 0.316. The van der Waals surface area contributed by atoms with Crippen LogP contribution in [0.1, 0.15) is 34.2 Å². The summed E-state index contributed by atoms with van der Waals surface area (Å²) in [5.74, 6) is -0.311. The first-order chi connectivity index (χ1) is 11.9. The van der Waals surface area contributed by atoms with Gasteiger partial charge in [0, 0.05) is 18.8 Å². The summed E-state index contributed by atoms with van der Waals surface area (Å²) in [7, 11) is 0. The molecular weight excluding hydrogens is 332 g/mol. The molecule has 3 rings (SSSR count). The number of rotatable bonds is 4. The zero-order valence-corrected chi connectivity index (χ0v) is 15.9. The zero-order chi connectivity index (χ0) is 18.1. The monoisotopic (exact) mass is 354 g/mol. The molecule has 0 fully saturated rings. The van der Waals surface area contributed by atoms with Gasteiger partial charge in [0.15, 0.2) is 10.5 Å². The fourth-order valence-corrected chi connectivity index (χ4v) is 4.07. The van der Waals surface area contributed by atoms with Crippen LogP contribution >= 0.6 is 11.3 Å². The summed E-state index contributed by atoms with van der Waals surface area (Å²) >= 11 is 1.53. The summed E-state index contributed by atoms with van der Waals surface area (Å²) in [6.45, 7) is 13.3. The van der Waals surface area contributed by atoms with Crippen LogP contribution in [0, 0.1) is 20.8 Å². The maximum Gasteiger partial charge on any atom is 0.300 e. The molecule has 2 heterocycles. The van der Waals surface area contributed by atoms with E-state index < -0.39 is 0 Å². The summed E-state index contributed by atoms with van der Waals surface area (Å²) < 4.78 is 4.99. The normalized spacial score (nSPS) is 12.1. The lowest BCUT2D eigenvalue weighted by molar-refractivity contribution is 0.0992. The molecule has 0 spiro atoms. The second-order valence-corrected chi connectivity index (χ2v) is 7.10. The molecule has 0 unspecified atom stereocenters. The summed E-state index contributed by atoms with van der Waals surface area (Å²) in [4.78, 5) is 17.6. The van der Waals surface area contributed by atoms with Crippen LogP contribution in [0.4, 0.5) is 0 Å². The summed E-state index contributed by atoms with van der Waals surface area (Å²) in [5, 5.41) is 4.33. The molecule has 130 valence electrons. The van der Waals surface area contributed by atoms with Gasteiger partial charge in [-0.2, -0.15) is 10.1 Å². The molecule has 5 nitrogen and oxygen atoms in total. The van der Waals surface area contributed by atoms with Crippen molar-refractivity contribution in [2.24, 2.45) is 4.99 Å². The first-order valence-corrected chi connectivity index (χ1v) is 9.11. The maximum atomic E-state index is 12.6. The molecule has 2 aromatic heterocycles. The van der Waals surface area contributed by atoms with E-state index in [4.69, 9.17) is 0 Å². The van der Waals surface area contributed by atoms with Crippen LogP contribution < -0.4 is 4.80 Å². The average molecular weight is 354 g/mol. The minimum atomic E-state index is -0.311. The maximum absolute atomic E-state index is 12.6. The van der Waals surface area contributed by atoms with E-state index in [1.54, 1.807) is 10.7 Å². The molecule has 6 heteroatoms. The van der Waals surface area contributed by atoms with E-state index in [2.05, 4.69) is 42.7 Å². The van der Waals surface area contributed by atoms with Crippen molar-refractivity contribution in [1.82, 2.24) is 14.3 Å². The van der Waals surface area contributed by atoms with Crippen LogP contribution in [0.3, 0.4) is 0 Å². The highest BCUT2D eigenvalue weighted by atomic mass is 32.1. The van der Waals surface area contributed by atoms with Crippen molar-refractivity contribution < 1.29 is 4.79 Å². The molecule has 1 aromatic carbocycles. The second kappa shape index (κ2) is 6.80. The first-order valence-electron chi connectivity index (χ1n) is 8.29. The molecule has 0 aliphatic rings. The number of carbonyl (C=O) groups is 1. The van der Waals surface area contributed by atoms with E-state index in [1.807, 2.05) is 24.5 Å². The van der Waals surface area contributed by atoms with Gasteiger partial charge in [0.05, 0.1) is 10.2 Å². The van der Waals surface area contributed by atoms with Gasteiger partial charge in [0.25, 0.3) is 5.91 Å². The molecule has 0 radical (unpaired) electrons. The van der Waals surface area contributed by atoms with Crippen LogP contribution in [-0.4, -0.2) is 20.3 Å². The molecule has 0 saturated carbocycles. The summed E-state index contributed by atoms with van der Waals surface area (Å²) in [6.07, 6.45) is 1.82. The Kier molecular flexibility index (Phi) is 4.72. The Morgan fingerprint density at radius 2 is 2.08 bits per heavy atom. The zero-order valence-electron chi connectivity index (χ0n) is 15.0. The minimum absolute atomic E-state index is 0.311. The van der Waals surface area contributed by atoms with E-state index in [-0.39, 0.29) is 5.91 Å². The molecule has 0 atom stereocenters. The lowest BCUT2D eigenvalue weighted by Gasteiger charge is -2.03. The van der Waals surface area contributed by atoms with Crippen LogP contribution in [0.5, 0.6) is 0 Å². The number of benzene rings is 1. The van der Waals surface area contributed by atoms with Crippen LogP contribution in [0.2, 0.25) is 0 Å². The van der Waals surface area contributed by atoms with Gasteiger partial charge in [-0.05, 0) is 51.0 Å². The van der Waals surface area contributed by atoms with Gasteiger partial charge in [0.1, 0.15) is 0 Å². The topological polar surface area (TPSA) is 52.2 Å². The number of nitrogens with zero attached hydrogens (tertiary/aromatic N) is 4. The number of hydrogen-bond acceptors (Lipinski definition) is 3. The van der Waals surface area contributed by atoms with E-state index in [0.29, 0.717) is 17.0 Å². The quantitative estimate of drug-likeness (QED) is 0.670. The van der Waals surface area contributed by atoms with E-state index in [1.165, 1.54) is 22.5 Å². The predicted molar refractivity (Wildman–Crippen MR) is 102 cm³/mol. The van der Waals surface area contributed by atoms with Gasteiger partial charge in [0.2, 0.25) is 0 Å². The number of aromatic nitrogens is 3. The Morgan fingerprint density at radius 3 is 2.72 bits per heavy atom. The largest absolute Gasteiger partial charge is 0.312 e. The molecule has 0 N–H and O–H groups in total. The average Bonchev–Trinajstić information content (AvgIpc) is 3.10. The summed E-state index contributed by atoms with van der Waals surface area (Å²) in [5.41, 5.74) is 4.82. The van der Waals surface area contributed by atoms with Gasteiger partial charge in [-0.1, -0.05) is 23.5 Å². The predicted octanol–water partition coefficient (Wildman–Crippen LogP) is 3.77. The van der Waals surface area contributed by atoms with Crippen molar-refractivity contribution in [1.29, 1.82) is 0 Å². The molecule has 25 heavy (non-hydrogen) atoms. The Balaban J connectivity index is 2.17. The van der Waals surface area contributed by atoms with Crippen molar-refractivity contribution in [2.75, 3.05) is 0 Å². The van der Waals surface area contributed by atoms with Gasteiger partial charge in [-0.3, -0.25) is 9.48 Å². The third-order valence-corrected chi connectivity index (χ3v) is 5.35. The molecule has 0 saturated heterocycles. The van der Waals surface area contributed by atoms with Crippen molar-refractivity contribution in [3.05, 3.63) is 58.2 Å². The fourth-order valence-electron chi connectivity index (χ4n) is 2.98. The lowest BCUT2D eigenvalue weighted by Crippen LogP contribution is -2.16. The van der Waals surface area contributed by atoms with Crippen molar-refractivity contribution in [3.8, 4) is 0 Å². The third-order valence-electron chi connectivity index (χ3n) is 4.12. The smallest absolute Gasteiger partial charge is 0.300 e. The Hall–Kier alpha value is -2.47. The number of aryl methyl sites for hydroxylation is 4. The minimum Gasteiger partial charge on any atom is -0.312 e. The van der Waals surface area contributed by atoms with Crippen molar-refractivity contribution in [2.45, 2.75) is 40.8 Å². The van der Waals surface area contributed by atoms with Gasteiger partial charge in [-0.25, -0.2) is 0 Å². The lowest BCUT2D eigenvalue weighted by atomic mass is 10.1. The van der Waals surface area contributed by atoms with Crippen LogP contribution in [0.15, 0.2) is 35.8 Å². The number of amides is 1. The van der Waals surface area contributed by atoms with Gasteiger partial charge >= 0.3 is 0 Å². The van der Waals surface area contributed by atoms with E-state index in [9.17, 15) is 4.79 Å². The molecule has 3 aromatic rings. The highest BCUT2D eigenvalue weighted by Gasteiger charge is 2.13. The third kappa shape index (κ3) is 3.22. The number of carbonyl (C=O) groups excluding carboxylic acids is 1. The highest BCUT2D eigenvalue weighted by molar-refractivity contribution is 7.16. The molecule has 0 aliphatic carbocycles. The van der Waals surface area contributed by atoms with Gasteiger partial charge in [-0.15, -0.1) is 6.58 Å². The number of fused-ring (bicyclic) bond motifs is 1. The Bertz CT molecular complexity index is 1040. The van der Waals surface area contributed by atoms with E-state index in [0.717, 1.165) is 22.5 Å². The first kappa shape index (κ1) is 17.4. The van der Waals surface area contributed by atoms with Crippen LogP contribution in [0.25, 0.3) is 10.2 Å². The Morgan fingerprint density at radius 1 is 1.32 bits per heavy atom. The molecule has 1 amide bonds. The van der Waals surface area contributed by atoms with Crippen LogP contribution in [-0.2, 0) is 13.1 Å².